The van der Waals surface area contributed by atoms with Gasteiger partial charge in [0.05, 0.1) is 0 Å². The molecule has 98 valence electrons. The van der Waals surface area contributed by atoms with Crippen molar-refractivity contribution >= 4 is 5.91 Å². The van der Waals surface area contributed by atoms with Crippen LogP contribution in [0.25, 0.3) is 0 Å². The maximum Gasteiger partial charge on any atom is 0.220 e. The van der Waals surface area contributed by atoms with Gasteiger partial charge in [-0.1, -0.05) is 19.3 Å². The van der Waals surface area contributed by atoms with Crippen LogP contribution in [0.1, 0.15) is 44.1 Å². The Kier molecular flexibility index (Phi) is 5.12. The Morgan fingerprint density at radius 1 is 1.22 bits per heavy atom. The molecule has 1 aliphatic carbocycles. The van der Waals surface area contributed by atoms with E-state index < -0.39 is 0 Å². The molecule has 0 aliphatic heterocycles. The lowest BCUT2D eigenvalue weighted by Gasteiger charge is -2.20. The Balaban J connectivity index is 1.62. The van der Waals surface area contributed by atoms with Crippen molar-refractivity contribution in [1.29, 1.82) is 0 Å². The molecule has 0 spiro atoms. The summed E-state index contributed by atoms with van der Waals surface area (Å²) in [6, 6.07) is 0. The summed E-state index contributed by atoms with van der Waals surface area (Å²) in [7, 11) is 0. The number of amides is 1. The first-order valence-corrected chi connectivity index (χ1v) is 6.85. The van der Waals surface area contributed by atoms with Gasteiger partial charge in [-0.25, -0.2) is 9.97 Å². The molecule has 0 bridgehead atoms. The first-order valence-electron chi connectivity index (χ1n) is 6.85. The van der Waals surface area contributed by atoms with Gasteiger partial charge < -0.3 is 5.32 Å². The molecule has 1 fully saturated rings. The van der Waals surface area contributed by atoms with Crippen molar-refractivity contribution < 1.29 is 4.79 Å². The van der Waals surface area contributed by atoms with Crippen LogP contribution < -0.4 is 5.32 Å². The molecule has 18 heavy (non-hydrogen) atoms. The largest absolute Gasteiger partial charge is 0.356 e. The maximum atomic E-state index is 11.8. The molecule has 1 heterocycles. The topological polar surface area (TPSA) is 54.9 Å². The molecule has 4 heteroatoms. The second-order valence-corrected chi connectivity index (χ2v) is 5.05. The van der Waals surface area contributed by atoms with Gasteiger partial charge in [-0.2, -0.15) is 0 Å². The van der Waals surface area contributed by atoms with Gasteiger partial charge in [-0.3, -0.25) is 4.79 Å². The van der Waals surface area contributed by atoms with E-state index in [2.05, 4.69) is 15.3 Å². The number of carbonyl (C=O) groups excluding carboxylic acids is 1. The van der Waals surface area contributed by atoms with E-state index in [0.29, 0.717) is 18.9 Å². The van der Waals surface area contributed by atoms with Gasteiger partial charge in [0.1, 0.15) is 6.33 Å². The van der Waals surface area contributed by atoms with E-state index in [1.165, 1.54) is 38.4 Å². The van der Waals surface area contributed by atoms with E-state index >= 15 is 0 Å². The third-order valence-electron chi connectivity index (χ3n) is 3.55. The summed E-state index contributed by atoms with van der Waals surface area (Å²) in [4.78, 5) is 19.7. The van der Waals surface area contributed by atoms with Crippen LogP contribution in [0.5, 0.6) is 0 Å². The number of nitrogens with one attached hydrogen (secondary N) is 1. The lowest BCUT2D eigenvalue weighted by atomic mass is 9.87. The van der Waals surface area contributed by atoms with Gasteiger partial charge in [-0.15, -0.1) is 0 Å². The van der Waals surface area contributed by atoms with Gasteiger partial charge in [0.2, 0.25) is 5.91 Å². The second kappa shape index (κ2) is 7.09. The molecule has 0 radical (unpaired) electrons. The van der Waals surface area contributed by atoms with E-state index in [4.69, 9.17) is 0 Å². The van der Waals surface area contributed by atoms with Crippen molar-refractivity contribution in [3.05, 3.63) is 24.3 Å². The quantitative estimate of drug-likeness (QED) is 0.867. The smallest absolute Gasteiger partial charge is 0.220 e. The van der Waals surface area contributed by atoms with Gasteiger partial charge in [-0.05, 0) is 30.7 Å². The van der Waals surface area contributed by atoms with Crippen LogP contribution in [0.2, 0.25) is 0 Å². The second-order valence-electron chi connectivity index (χ2n) is 5.05. The molecule has 0 aromatic carbocycles. The summed E-state index contributed by atoms with van der Waals surface area (Å²) in [6.45, 7) is 0.679. The average Bonchev–Trinajstić information content (AvgIpc) is 2.41. The molecule has 0 unspecified atom stereocenters. The highest BCUT2D eigenvalue weighted by atomic mass is 16.1. The predicted molar refractivity (Wildman–Crippen MR) is 69.9 cm³/mol. The predicted octanol–water partition coefficient (Wildman–Crippen LogP) is 2.11. The Bertz CT molecular complexity index is 361. The molecular formula is C14H21N3O. The third kappa shape index (κ3) is 4.43. The summed E-state index contributed by atoms with van der Waals surface area (Å²) in [6.07, 6.45) is 13.0. The first-order chi connectivity index (χ1) is 8.84. The molecule has 4 nitrogen and oxygen atoms in total. The molecule has 1 aromatic heterocycles. The SMILES string of the molecule is O=C(CC1CCCCC1)NCCc1cncnc1. The molecule has 1 aromatic rings. The van der Waals surface area contributed by atoms with Crippen LogP contribution in [-0.4, -0.2) is 22.4 Å². The zero-order valence-corrected chi connectivity index (χ0v) is 10.8. The minimum absolute atomic E-state index is 0.193. The Morgan fingerprint density at radius 3 is 2.67 bits per heavy atom. The first kappa shape index (κ1) is 13.0. The molecule has 1 amide bonds. The number of nitrogens with zero attached hydrogens (tertiary/aromatic N) is 2. The van der Waals surface area contributed by atoms with Crippen LogP contribution >= 0.6 is 0 Å². The van der Waals surface area contributed by atoms with Crippen molar-refractivity contribution in [3.63, 3.8) is 0 Å². The lowest BCUT2D eigenvalue weighted by molar-refractivity contribution is -0.122. The fourth-order valence-corrected chi connectivity index (χ4v) is 2.53. The van der Waals surface area contributed by atoms with Crippen LogP contribution in [0.15, 0.2) is 18.7 Å². The summed E-state index contributed by atoms with van der Waals surface area (Å²) in [5.74, 6) is 0.803. The van der Waals surface area contributed by atoms with Crippen molar-refractivity contribution in [2.45, 2.75) is 44.9 Å². The van der Waals surface area contributed by atoms with E-state index in [0.717, 1.165) is 12.0 Å². The molecule has 0 atom stereocenters. The lowest BCUT2D eigenvalue weighted by Crippen LogP contribution is -2.28. The number of rotatable bonds is 5. The number of aromatic nitrogens is 2. The summed E-state index contributed by atoms with van der Waals surface area (Å²) in [5, 5.41) is 2.98. The molecule has 0 saturated heterocycles. The van der Waals surface area contributed by atoms with E-state index in [1.807, 2.05) is 0 Å². The average molecular weight is 247 g/mol. The molecule has 2 rings (SSSR count). The summed E-state index contributed by atoms with van der Waals surface area (Å²) >= 11 is 0. The van der Waals surface area contributed by atoms with Gasteiger partial charge in [0.15, 0.2) is 0 Å². The van der Waals surface area contributed by atoms with Crippen LogP contribution in [-0.2, 0) is 11.2 Å². The Morgan fingerprint density at radius 2 is 1.94 bits per heavy atom. The highest BCUT2D eigenvalue weighted by Crippen LogP contribution is 2.25. The van der Waals surface area contributed by atoms with Crippen molar-refractivity contribution in [2.24, 2.45) is 5.92 Å². The highest BCUT2D eigenvalue weighted by Gasteiger charge is 2.16. The monoisotopic (exact) mass is 247 g/mol. The van der Waals surface area contributed by atoms with Crippen molar-refractivity contribution in [2.75, 3.05) is 6.54 Å². The number of hydrogen-bond acceptors (Lipinski definition) is 3. The summed E-state index contributed by atoms with van der Waals surface area (Å²) in [5.41, 5.74) is 1.07. The molecule has 1 saturated carbocycles. The zero-order valence-electron chi connectivity index (χ0n) is 10.8. The fraction of sp³-hybridized carbons (Fsp3) is 0.643. The van der Waals surface area contributed by atoms with Gasteiger partial charge in [0.25, 0.3) is 0 Å². The summed E-state index contributed by atoms with van der Waals surface area (Å²) < 4.78 is 0. The van der Waals surface area contributed by atoms with Gasteiger partial charge in [0, 0.05) is 25.4 Å². The molecular weight excluding hydrogens is 226 g/mol. The zero-order chi connectivity index (χ0) is 12.6. The van der Waals surface area contributed by atoms with Crippen LogP contribution in [0.4, 0.5) is 0 Å². The molecule has 1 aliphatic rings. The Hall–Kier alpha value is -1.45. The normalized spacial score (nSPS) is 16.4. The highest BCUT2D eigenvalue weighted by molar-refractivity contribution is 5.76. The standard InChI is InChI=1S/C14H21N3O/c18-14(8-12-4-2-1-3-5-12)17-7-6-13-9-15-11-16-10-13/h9-12H,1-8H2,(H,17,18). The van der Waals surface area contributed by atoms with Crippen LogP contribution in [0.3, 0.4) is 0 Å². The fourth-order valence-electron chi connectivity index (χ4n) is 2.53. The minimum Gasteiger partial charge on any atom is -0.356 e. The maximum absolute atomic E-state index is 11.8. The van der Waals surface area contributed by atoms with E-state index in [-0.39, 0.29) is 5.91 Å². The molecule has 1 N–H and O–H groups in total. The third-order valence-corrected chi connectivity index (χ3v) is 3.55. The van der Waals surface area contributed by atoms with Crippen molar-refractivity contribution in [1.82, 2.24) is 15.3 Å². The van der Waals surface area contributed by atoms with E-state index in [1.54, 1.807) is 12.4 Å². The van der Waals surface area contributed by atoms with Crippen LogP contribution in [0, 0.1) is 5.92 Å². The number of hydrogen-bond donors (Lipinski definition) is 1. The Labute approximate surface area is 108 Å². The van der Waals surface area contributed by atoms with Crippen molar-refractivity contribution in [3.8, 4) is 0 Å². The minimum atomic E-state index is 0.193. The number of carbonyl (C=O) groups is 1. The van der Waals surface area contributed by atoms with Gasteiger partial charge >= 0.3 is 0 Å². The van der Waals surface area contributed by atoms with E-state index in [9.17, 15) is 4.79 Å².